The molecular formula is C47H80N2O12. The number of aliphatic hydroxyl groups is 4. The summed E-state index contributed by atoms with van der Waals surface area (Å²) in [7, 11) is 3.74. The van der Waals surface area contributed by atoms with Gasteiger partial charge in [0.2, 0.25) is 0 Å². The number of benzene rings is 1. The molecule has 0 radical (unpaired) electrons. The third-order valence-electron chi connectivity index (χ3n) is 12.6. The van der Waals surface area contributed by atoms with Gasteiger partial charge in [0.15, 0.2) is 6.29 Å². The van der Waals surface area contributed by atoms with Crippen LogP contribution < -0.4 is 4.74 Å². The molecule has 61 heavy (non-hydrogen) atoms. The number of oxime groups is 1. The quantitative estimate of drug-likeness (QED) is 0.0719. The van der Waals surface area contributed by atoms with Crippen molar-refractivity contribution in [2.75, 3.05) is 27.3 Å². The lowest BCUT2D eigenvalue weighted by atomic mass is 9.73. The SMILES string of the molecule is CCCCCCCCC(=O)O[C@H]1[C@H](C)[C@@H](O[C@@H]2O[C@H](C)C[C@H](N(C)C)[C@H]2O)C(C)(O)C[C@@H](C)/C(=N\OCCCOc2ccccc2)[C@H](C)[C@@H](O)[C@](C)(O)[C@@H](CC)OC(=O)[C@@H]1C. The van der Waals surface area contributed by atoms with Crippen LogP contribution in [-0.2, 0) is 33.4 Å². The third-order valence-corrected chi connectivity index (χ3v) is 12.6. The van der Waals surface area contributed by atoms with Crippen molar-refractivity contribution in [1.82, 2.24) is 4.90 Å². The maximum Gasteiger partial charge on any atom is 0.312 e. The Hall–Kier alpha value is -2.85. The summed E-state index contributed by atoms with van der Waals surface area (Å²) < 4.78 is 31.0. The van der Waals surface area contributed by atoms with Gasteiger partial charge in [-0.2, -0.15) is 0 Å². The Balaban J connectivity index is 2.08. The second-order valence-electron chi connectivity index (χ2n) is 18.4. The molecule has 3 rings (SSSR count). The van der Waals surface area contributed by atoms with Gasteiger partial charge in [0.1, 0.15) is 36.3 Å². The highest BCUT2D eigenvalue weighted by molar-refractivity contribution is 5.88. The van der Waals surface area contributed by atoms with Crippen LogP contribution >= 0.6 is 0 Å². The smallest absolute Gasteiger partial charge is 0.312 e. The Morgan fingerprint density at radius 1 is 0.918 bits per heavy atom. The van der Waals surface area contributed by atoms with Gasteiger partial charge in [-0.3, -0.25) is 9.59 Å². The number of para-hydroxylation sites is 1. The number of nitrogens with zero attached hydrogens (tertiary/aromatic N) is 2. The van der Waals surface area contributed by atoms with Gasteiger partial charge in [0.25, 0.3) is 0 Å². The summed E-state index contributed by atoms with van der Waals surface area (Å²) in [4.78, 5) is 35.6. The van der Waals surface area contributed by atoms with E-state index in [2.05, 4.69) is 12.1 Å². The number of aliphatic hydroxyl groups excluding tert-OH is 2. The Kier molecular flexibility index (Phi) is 21.4. The number of likely N-dealkylation sites (N-methyl/N-ethyl adjacent to an activating group) is 1. The average molecular weight is 865 g/mol. The molecule has 2 heterocycles. The van der Waals surface area contributed by atoms with Crippen LogP contribution in [0.3, 0.4) is 0 Å². The molecule has 2 aliphatic rings. The second-order valence-corrected chi connectivity index (χ2v) is 18.4. The van der Waals surface area contributed by atoms with E-state index >= 15 is 0 Å². The van der Waals surface area contributed by atoms with E-state index in [0.29, 0.717) is 31.6 Å². The van der Waals surface area contributed by atoms with E-state index in [9.17, 15) is 30.0 Å². The van der Waals surface area contributed by atoms with Crippen molar-refractivity contribution in [2.24, 2.45) is 28.8 Å². The van der Waals surface area contributed by atoms with Crippen molar-refractivity contribution in [3.63, 3.8) is 0 Å². The van der Waals surface area contributed by atoms with Crippen LogP contribution in [0.4, 0.5) is 0 Å². The zero-order chi connectivity index (χ0) is 45.5. The van der Waals surface area contributed by atoms with Gasteiger partial charge >= 0.3 is 11.9 Å². The normalized spacial score (nSPS) is 36.3. The maximum atomic E-state index is 14.2. The molecular weight excluding hydrogens is 785 g/mol. The number of hydrogen-bond donors (Lipinski definition) is 4. The lowest BCUT2D eigenvalue weighted by Crippen LogP contribution is -2.60. The number of rotatable bonds is 18. The fourth-order valence-corrected chi connectivity index (χ4v) is 9.00. The molecule has 2 fully saturated rings. The van der Waals surface area contributed by atoms with Gasteiger partial charge in [0, 0.05) is 36.6 Å². The lowest BCUT2D eigenvalue weighted by Gasteiger charge is -2.47. The van der Waals surface area contributed by atoms with Crippen molar-refractivity contribution < 1.29 is 58.5 Å². The van der Waals surface area contributed by atoms with Crippen molar-refractivity contribution in [3.05, 3.63) is 30.3 Å². The highest BCUT2D eigenvalue weighted by Crippen LogP contribution is 2.39. The number of carbonyl (C=O) groups is 2. The minimum Gasteiger partial charge on any atom is -0.493 e. The Labute approximate surface area is 365 Å². The zero-order valence-corrected chi connectivity index (χ0v) is 39.0. The molecule has 0 aromatic heterocycles. The number of carbonyl (C=O) groups excluding carboxylic acids is 2. The van der Waals surface area contributed by atoms with Gasteiger partial charge in [-0.05, 0) is 79.6 Å². The average Bonchev–Trinajstić information content (AvgIpc) is 3.21. The van der Waals surface area contributed by atoms with Gasteiger partial charge < -0.3 is 53.8 Å². The molecule has 1 aromatic rings. The van der Waals surface area contributed by atoms with E-state index < -0.39 is 83.6 Å². The number of hydrogen-bond acceptors (Lipinski definition) is 14. The van der Waals surface area contributed by atoms with Crippen LogP contribution in [0, 0.1) is 23.7 Å². The van der Waals surface area contributed by atoms with Gasteiger partial charge in [-0.1, -0.05) is 90.1 Å². The first-order valence-electron chi connectivity index (χ1n) is 22.8. The summed E-state index contributed by atoms with van der Waals surface area (Å²) >= 11 is 0. The topological polar surface area (TPSA) is 186 Å². The van der Waals surface area contributed by atoms with Crippen LogP contribution in [-0.4, -0.2) is 130 Å². The molecule has 1 aromatic carbocycles. The largest absolute Gasteiger partial charge is 0.493 e. The Bertz CT molecular complexity index is 1470. The van der Waals surface area contributed by atoms with E-state index in [1.807, 2.05) is 63.2 Å². The van der Waals surface area contributed by atoms with Crippen LogP contribution in [0.1, 0.15) is 133 Å². The van der Waals surface area contributed by atoms with Crippen molar-refractivity contribution in [2.45, 2.75) is 193 Å². The molecule has 2 aliphatic heterocycles. The summed E-state index contributed by atoms with van der Waals surface area (Å²) in [5.74, 6) is -3.91. The van der Waals surface area contributed by atoms with E-state index in [0.717, 1.165) is 37.9 Å². The van der Waals surface area contributed by atoms with Gasteiger partial charge in [-0.25, -0.2) is 0 Å². The molecule has 0 bridgehead atoms. The third kappa shape index (κ3) is 15.1. The maximum absolute atomic E-state index is 14.2. The van der Waals surface area contributed by atoms with Crippen molar-refractivity contribution in [1.29, 1.82) is 0 Å². The molecule has 350 valence electrons. The molecule has 0 aliphatic carbocycles. The van der Waals surface area contributed by atoms with Crippen LogP contribution in [0.2, 0.25) is 0 Å². The molecule has 2 saturated heterocycles. The molecule has 1 unspecified atom stereocenters. The standard InChI is InChI=1S/C47H80N2O12/c1-12-14-15-16-17-21-25-38(50)60-41-33(6)43(61-45-40(51)36(49(10)11)28-31(4)58-45)46(8,54)29-30(3)39(48-57-27-22-26-56-35-23-19-18-20-24-35)32(5)42(52)47(9,55)37(13-2)59-44(53)34(41)7/h18-20,23-24,30-34,36-37,40-43,45,51-52,54-55H,12-17,21-22,25-29H2,1-11H3/b48-39+/t30-,31-,32+,33+,34-,36+,37-,40-,41+,42-,43-,45+,46?,47-/m1/s1. The summed E-state index contributed by atoms with van der Waals surface area (Å²) in [5.41, 5.74) is -3.35. The number of esters is 2. The predicted octanol–water partition coefficient (Wildman–Crippen LogP) is 6.43. The number of cyclic esters (lactones) is 1. The monoisotopic (exact) mass is 865 g/mol. The Morgan fingerprint density at radius 2 is 1.57 bits per heavy atom. The fourth-order valence-electron chi connectivity index (χ4n) is 9.00. The van der Waals surface area contributed by atoms with E-state index in [-0.39, 0.29) is 38.0 Å². The summed E-state index contributed by atoms with van der Waals surface area (Å²) in [5, 5.41) is 52.8. The Morgan fingerprint density at radius 3 is 2.21 bits per heavy atom. The first kappa shape index (κ1) is 52.5. The van der Waals surface area contributed by atoms with E-state index in [4.69, 9.17) is 28.5 Å². The van der Waals surface area contributed by atoms with Gasteiger partial charge in [0.05, 0.1) is 42.1 Å². The van der Waals surface area contributed by atoms with Crippen LogP contribution in [0.15, 0.2) is 35.5 Å². The molecule has 0 amide bonds. The fraction of sp³-hybridized carbons (Fsp3) is 0.809. The predicted molar refractivity (Wildman–Crippen MR) is 234 cm³/mol. The number of ether oxygens (including phenoxy) is 5. The molecule has 0 saturated carbocycles. The highest BCUT2D eigenvalue weighted by atomic mass is 16.7. The summed E-state index contributed by atoms with van der Waals surface area (Å²) in [6.45, 7) is 16.3. The molecule has 14 atom stereocenters. The van der Waals surface area contributed by atoms with Crippen molar-refractivity contribution in [3.8, 4) is 5.75 Å². The minimum atomic E-state index is -1.95. The summed E-state index contributed by atoms with van der Waals surface area (Å²) in [6.07, 6.45) is -0.453. The minimum absolute atomic E-state index is 0.00947. The van der Waals surface area contributed by atoms with Gasteiger partial charge in [-0.15, -0.1) is 0 Å². The van der Waals surface area contributed by atoms with E-state index in [1.54, 1.807) is 34.6 Å². The molecule has 4 N–H and O–H groups in total. The van der Waals surface area contributed by atoms with Crippen LogP contribution in [0.25, 0.3) is 0 Å². The lowest BCUT2D eigenvalue weighted by molar-refractivity contribution is -0.299. The summed E-state index contributed by atoms with van der Waals surface area (Å²) in [6, 6.07) is 9.09. The van der Waals surface area contributed by atoms with Crippen LogP contribution in [0.5, 0.6) is 5.75 Å². The molecule has 14 heteroatoms. The van der Waals surface area contributed by atoms with Crippen molar-refractivity contribution >= 4 is 17.7 Å². The number of unbranched alkanes of at least 4 members (excludes halogenated alkanes) is 5. The first-order valence-corrected chi connectivity index (χ1v) is 22.8. The highest BCUT2D eigenvalue weighted by Gasteiger charge is 2.52. The molecule has 14 nitrogen and oxygen atoms in total. The second kappa shape index (κ2) is 24.9. The van der Waals surface area contributed by atoms with E-state index in [1.165, 1.54) is 6.92 Å². The first-order chi connectivity index (χ1) is 28.8. The zero-order valence-electron chi connectivity index (χ0n) is 39.0. The molecule has 0 spiro atoms.